The van der Waals surface area contributed by atoms with Crippen LogP contribution in [0.4, 0.5) is 4.39 Å². The van der Waals surface area contributed by atoms with E-state index in [1.165, 1.54) is 16.4 Å². The predicted octanol–water partition coefficient (Wildman–Crippen LogP) is 2.95. The topological polar surface area (TPSA) is 55.8 Å². The fraction of sp³-hybridized carbons (Fsp3) is 0.647. The average molecular weight is 357 g/mol. The summed E-state index contributed by atoms with van der Waals surface area (Å²) in [6.45, 7) is 3.61. The summed E-state index contributed by atoms with van der Waals surface area (Å²) in [6.07, 6.45) is 3.85. The monoisotopic (exact) mass is 357 g/mol. The van der Waals surface area contributed by atoms with E-state index in [9.17, 15) is 12.8 Å². The van der Waals surface area contributed by atoms with Gasteiger partial charge in [-0.2, -0.15) is 4.31 Å². The van der Waals surface area contributed by atoms with Crippen LogP contribution < -0.4 is 4.74 Å². The third-order valence-corrected chi connectivity index (χ3v) is 6.32. The summed E-state index contributed by atoms with van der Waals surface area (Å²) in [5, 5.41) is 0. The summed E-state index contributed by atoms with van der Waals surface area (Å²) >= 11 is 0. The molecule has 1 heterocycles. The highest BCUT2D eigenvalue weighted by molar-refractivity contribution is 7.89. The molecule has 2 fully saturated rings. The Bertz CT molecular complexity index is 669. The van der Waals surface area contributed by atoms with Crippen LogP contribution in [0.1, 0.15) is 39.0 Å². The molecule has 134 valence electrons. The molecule has 1 saturated carbocycles. The maximum atomic E-state index is 14.4. The van der Waals surface area contributed by atoms with Gasteiger partial charge in [0.15, 0.2) is 11.6 Å². The number of hydrogen-bond acceptors (Lipinski definition) is 4. The molecule has 0 amide bonds. The predicted molar refractivity (Wildman–Crippen MR) is 88.1 cm³/mol. The van der Waals surface area contributed by atoms with Gasteiger partial charge in [-0.15, -0.1) is 0 Å². The Kier molecular flexibility index (Phi) is 5.42. The van der Waals surface area contributed by atoms with Crippen LogP contribution in [-0.4, -0.2) is 44.6 Å². The van der Waals surface area contributed by atoms with Gasteiger partial charge in [0.05, 0.1) is 18.1 Å². The van der Waals surface area contributed by atoms with E-state index in [0.29, 0.717) is 32.6 Å². The summed E-state index contributed by atoms with van der Waals surface area (Å²) in [7, 11) is -3.65. The molecule has 1 saturated heterocycles. The molecule has 3 rings (SSSR count). The highest BCUT2D eigenvalue weighted by Gasteiger charge is 2.37. The summed E-state index contributed by atoms with van der Waals surface area (Å²) in [5.74, 6) is -0.524. The Hall–Kier alpha value is -1.18. The Morgan fingerprint density at radius 2 is 1.96 bits per heavy atom. The van der Waals surface area contributed by atoms with Crippen molar-refractivity contribution in [3.8, 4) is 5.75 Å². The van der Waals surface area contributed by atoms with Gasteiger partial charge in [0.25, 0.3) is 0 Å². The molecule has 0 N–H and O–H groups in total. The number of benzene rings is 1. The molecule has 7 heteroatoms. The minimum absolute atomic E-state index is 0.000299. The van der Waals surface area contributed by atoms with Gasteiger partial charge in [-0.1, -0.05) is 6.92 Å². The van der Waals surface area contributed by atoms with Crippen LogP contribution >= 0.6 is 0 Å². The minimum atomic E-state index is -3.65. The van der Waals surface area contributed by atoms with Crippen molar-refractivity contribution in [2.45, 2.75) is 56.1 Å². The summed E-state index contributed by atoms with van der Waals surface area (Å²) in [6, 6.07) is 4.01. The third-order valence-electron chi connectivity index (χ3n) is 4.37. The fourth-order valence-electron chi connectivity index (χ4n) is 2.93. The molecule has 0 bridgehead atoms. The van der Waals surface area contributed by atoms with E-state index in [1.54, 1.807) is 0 Å². The molecule has 0 unspecified atom stereocenters. The Morgan fingerprint density at radius 3 is 2.54 bits per heavy atom. The lowest BCUT2D eigenvalue weighted by molar-refractivity contribution is 0.0240. The van der Waals surface area contributed by atoms with Crippen LogP contribution in [0.3, 0.4) is 0 Å². The average Bonchev–Trinajstić information content (AvgIpc) is 3.40. The molecule has 0 radical (unpaired) electrons. The zero-order chi connectivity index (χ0) is 17.2. The third kappa shape index (κ3) is 3.90. The van der Waals surface area contributed by atoms with Crippen LogP contribution in [0, 0.1) is 5.82 Å². The highest BCUT2D eigenvalue weighted by atomic mass is 32.2. The maximum absolute atomic E-state index is 14.4. The molecule has 1 aliphatic heterocycles. The van der Waals surface area contributed by atoms with Crippen LogP contribution in [0.2, 0.25) is 0 Å². The van der Waals surface area contributed by atoms with E-state index in [4.69, 9.17) is 9.47 Å². The molecule has 0 atom stereocenters. The van der Waals surface area contributed by atoms with E-state index < -0.39 is 15.8 Å². The van der Waals surface area contributed by atoms with Gasteiger partial charge in [-0.3, -0.25) is 0 Å². The lowest BCUT2D eigenvalue weighted by Crippen LogP contribution is -2.34. The molecule has 1 aromatic rings. The second-order valence-corrected chi connectivity index (χ2v) is 8.26. The standard InChI is InChI=1S/C17H24FNO4S/c1-2-9-19(13-3-4-13)24(20,21)15-5-6-17(16(18)12-15)23-14-7-10-22-11-8-14/h5-6,12-14H,2-4,7-11H2,1H3. The van der Waals surface area contributed by atoms with Gasteiger partial charge in [0.2, 0.25) is 10.0 Å². The zero-order valence-corrected chi connectivity index (χ0v) is 14.7. The Labute approximate surface area is 142 Å². The smallest absolute Gasteiger partial charge is 0.243 e. The molecule has 5 nitrogen and oxygen atoms in total. The minimum Gasteiger partial charge on any atom is -0.487 e. The number of nitrogens with zero attached hydrogens (tertiary/aromatic N) is 1. The quantitative estimate of drug-likeness (QED) is 0.753. The lowest BCUT2D eigenvalue weighted by atomic mass is 10.1. The second kappa shape index (κ2) is 7.37. The fourth-order valence-corrected chi connectivity index (χ4v) is 4.72. The van der Waals surface area contributed by atoms with Gasteiger partial charge < -0.3 is 9.47 Å². The van der Waals surface area contributed by atoms with Crippen LogP contribution in [0.15, 0.2) is 23.1 Å². The molecular formula is C17H24FNO4S. The van der Waals surface area contributed by atoms with Crippen LogP contribution in [-0.2, 0) is 14.8 Å². The number of rotatable bonds is 7. The van der Waals surface area contributed by atoms with Gasteiger partial charge in [0.1, 0.15) is 6.10 Å². The van der Waals surface area contributed by atoms with E-state index in [1.807, 2.05) is 6.92 Å². The highest BCUT2D eigenvalue weighted by Crippen LogP contribution is 2.33. The SMILES string of the molecule is CCCN(C1CC1)S(=O)(=O)c1ccc(OC2CCOCC2)c(F)c1. The second-order valence-electron chi connectivity index (χ2n) is 6.37. The van der Waals surface area contributed by atoms with E-state index in [2.05, 4.69) is 0 Å². The van der Waals surface area contributed by atoms with E-state index in [0.717, 1.165) is 25.3 Å². The first-order chi connectivity index (χ1) is 11.5. The maximum Gasteiger partial charge on any atom is 0.243 e. The van der Waals surface area contributed by atoms with Crippen molar-refractivity contribution in [2.24, 2.45) is 0 Å². The lowest BCUT2D eigenvalue weighted by Gasteiger charge is -2.24. The van der Waals surface area contributed by atoms with Crippen molar-refractivity contribution in [1.29, 1.82) is 0 Å². The first kappa shape index (κ1) is 17.6. The van der Waals surface area contributed by atoms with E-state index in [-0.39, 0.29) is 22.8 Å². The number of hydrogen-bond donors (Lipinski definition) is 0. The number of halogens is 1. The molecular weight excluding hydrogens is 333 g/mol. The van der Waals surface area contributed by atoms with Gasteiger partial charge >= 0.3 is 0 Å². The van der Waals surface area contributed by atoms with Crippen molar-refractivity contribution < 1.29 is 22.3 Å². The first-order valence-corrected chi connectivity index (χ1v) is 10.0. The van der Waals surface area contributed by atoms with Gasteiger partial charge in [0, 0.05) is 25.4 Å². The summed E-state index contributed by atoms with van der Waals surface area (Å²) in [5.41, 5.74) is 0. The van der Waals surface area contributed by atoms with Crippen molar-refractivity contribution in [3.63, 3.8) is 0 Å². The Morgan fingerprint density at radius 1 is 1.25 bits per heavy atom. The van der Waals surface area contributed by atoms with Crippen molar-refractivity contribution in [1.82, 2.24) is 4.31 Å². The van der Waals surface area contributed by atoms with E-state index >= 15 is 0 Å². The van der Waals surface area contributed by atoms with Crippen molar-refractivity contribution in [2.75, 3.05) is 19.8 Å². The van der Waals surface area contributed by atoms with Crippen molar-refractivity contribution >= 4 is 10.0 Å². The molecule has 1 aliphatic carbocycles. The summed E-state index contributed by atoms with van der Waals surface area (Å²) in [4.78, 5) is -0.000299. The van der Waals surface area contributed by atoms with Gasteiger partial charge in [-0.05, 0) is 37.5 Å². The Balaban J connectivity index is 1.77. The first-order valence-electron chi connectivity index (χ1n) is 8.58. The van der Waals surface area contributed by atoms with Crippen LogP contribution in [0.5, 0.6) is 5.75 Å². The van der Waals surface area contributed by atoms with Gasteiger partial charge in [-0.25, -0.2) is 12.8 Å². The summed E-state index contributed by atoms with van der Waals surface area (Å²) < 4.78 is 52.3. The van der Waals surface area contributed by atoms with Crippen molar-refractivity contribution in [3.05, 3.63) is 24.0 Å². The molecule has 24 heavy (non-hydrogen) atoms. The normalized spacial score (nSPS) is 19.6. The molecule has 2 aliphatic rings. The molecule has 0 spiro atoms. The molecule has 1 aromatic carbocycles. The molecule has 0 aromatic heterocycles. The number of ether oxygens (including phenoxy) is 2. The zero-order valence-electron chi connectivity index (χ0n) is 13.9. The number of sulfonamides is 1. The van der Waals surface area contributed by atoms with Crippen LogP contribution in [0.25, 0.3) is 0 Å². The largest absolute Gasteiger partial charge is 0.487 e.